The Bertz CT molecular complexity index is 174. The van der Waals surface area contributed by atoms with E-state index in [1.165, 1.54) is 0 Å². The van der Waals surface area contributed by atoms with E-state index in [-0.39, 0.29) is 0 Å². The zero-order valence-corrected chi connectivity index (χ0v) is 6.47. The third kappa shape index (κ3) is 1.12. The van der Waals surface area contributed by atoms with Crippen LogP contribution in [0.5, 0.6) is 6.01 Å². The van der Waals surface area contributed by atoms with Gasteiger partial charge in [0, 0.05) is 0 Å². The topological polar surface area (TPSA) is 37.9 Å². The Morgan fingerprint density at radius 1 is 1.88 bits per heavy atom. The second-order valence-electron chi connectivity index (χ2n) is 1.24. The lowest BCUT2D eigenvalue weighted by molar-refractivity contribution is 0.384. The van der Waals surface area contributed by atoms with Crippen LogP contribution in [0.1, 0.15) is 0 Å². The fraction of sp³-hybridized carbons (Fsp3) is 0.250. The largest absolute Gasteiger partial charge is 0.468 e. The molecule has 0 unspecified atom stereocenters. The van der Waals surface area contributed by atoms with Gasteiger partial charge in [-0.2, -0.15) is 0 Å². The minimum Gasteiger partial charge on any atom is -0.468 e. The molecule has 0 bridgehead atoms. The molecule has 0 spiro atoms. The molecule has 1 aromatic heterocycles. The highest BCUT2D eigenvalue weighted by atomic mass is 127. The number of H-pyrrole nitrogens is 1. The van der Waals surface area contributed by atoms with Gasteiger partial charge in [0.2, 0.25) is 0 Å². The minimum absolute atomic E-state index is 0.564. The van der Waals surface area contributed by atoms with Crippen LogP contribution in [0.15, 0.2) is 6.20 Å². The molecule has 8 heavy (non-hydrogen) atoms. The first-order valence-corrected chi connectivity index (χ1v) is 3.15. The maximum Gasteiger partial charge on any atom is 0.294 e. The van der Waals surface area contributed by atoms with Crippen LogP contribution < -0.4 is 4.74 Å². The fourth-order valence-corrected chi connectivity index (χ4v) is 0.756. The van der Waals surface area contributed by atoms with Crippen LogP contribution in [0.3, 0.4) is 0 Å². The molecule has 44 valence electrons. The molecular formula is C4H5IN2O. The lowest BCUT2D eigenvalue weighted by Crippen LogP contribution is -1.82. The molecule has 3 nitrogen and oxygen atoms in total. The molecule has 0 saturated heterocycles. The molecule has 0 aromatic carbocycles. The molecule has 0 saturated carbocycles. The van der Waals surface area contributed by atoms with Crippen LogP contribution >= 0.6 is 22.6 Å². The van der Waals surface area contributed by atoms with Crippen LogP contribution in [0.25, 0.3) is 0 Å². The standard InChI is InChI=1S/C4H5IN2O/c1-8-4-6-2-3(5)7-4/h2H,1H3,(H,6,7). The number of methoxy groups -OCH3 is 1. The van der Waals surface area contributed by atoms with E-state index >= 15 is 0 Å². The monoisotopic (exact) mass is 224 g/mol. The lowest BCUT2D eigenvalue weighted by atomic mass is 11.0. The molecular weight excluding hydrogens is 219 g/mol. The highest BCUT2D eigenvalue weighted by Crippen LogP contribution is 2.04. The Kier molecular flexibility index (Phi) is 1.72. The number of aromatic amines is 1. The number of hydrogen-bond donors (Lipinski definition) is 1. The molecule has 0 fully saturated rings. The Labute approximate surface area is 60.6 Å². The van der Waals surface area contributed by atoms with E-state index in [9.17, 15) is 0 Å². The van der Waals surface area contributed by atoms with Gasteiger partial charge in [-0.3, -0.25) is 0 Å². The normalized spacial score (nSPS) is 9.25. The molecule has 1 heterocycles. The first-order chi connectivity index (χ1) is 3.83. The number of imidazole rings is 1. The summed E-state index contributed by atoms with van der Waals surface area (Å²) in [7, 11) is 1.58. The molecule has 0 aliphatic heterocycles. The third-order valence-electron chi connectivity index (χ3n) is 0.715. The highest BCUT2D eigenvalue weighted by Gasteiger charge is 1.92. The maximum absolute atomic E-state index is 4.76. The highest BCUT2D eigenvalue weighted by molar-refractivity contribution is 14.1. The average Bonchev–Trinajstić information content (AvgIpc) is 2.14. The summed E-state index contributed by atoms with van der Waals surface area (Å²) in [6.45, 7) is 0. The van der Waals surface area contributed by atoms with Crippen LogP contribution in [0.2, 0.25) is 0 Å². The Morgan fingerprint density at radius 2 is 2.62 bits per heavy atom. The molecule has 4 heteroatoms. The first kappa shape index (κ1) is 5.87. The van der Waals surface area contributed by atoms with Crippen molar-refractivity contribution in [2.45, 2.75) is 0 Å². The molecule has 0 aliphatic rings. The molecule has 0 atom stereocenters. The Balaban J connectivity index is 2.84. The van der Waals surface area contributed by atoms with Crippen molar-refractivity contribution in [2.24, 2.45) is 0 Å². The van der Waals surface area contributed by atoms with Crippen molar-refractivity contribution in [1.29, 1.82) is 0 Å². The predicted octanol–water partition coefficient (Wildman–Crippen LogP) is 1.02. The van der Waals surface area contributed by atoms with Gasteiger partial charge in [0.1, 0.15) is 0 Å². The third-order valence-corrected chi connectivity index (χ3v) is 1.26. The van der Waals surface area contributed by atoms with E-state index in [1.807, 2.05) is 0 Å². The SMILES string of the molecule is COc1ncc(I)[nH]1. The molecule has 0 amide bonds. The van der Waals surface area contributed by atoms with Crippen molar-refractivity contribution in [1.82, 2.24) is 9.97 Å². The summed E-state index contributed by atoms with van der Waals surface area (Å²) in [5.41, 5.74) is 0. The van der Waals surface area contributed by atoms with Crippen molar-refractivity contribution in [3.8, 4) is 6.01 Å². The second-order valence-corrected chi connectivity index (χ2v) is 2.40. The van der Waals surface area contributed by atoms with Crippen molar-refractivity contribution in [2.75, 3.05) is 7.11 Å². The minimum atomic E-state index is 0.564. The molecule has 0 aliphatic carbocycles. The number of nitrogens with one attached hydrogen (secondary N) is 1. The maximum atomic E-state index is 4.76. The number of halogens is 1. The van der Waals surface area contributed by atoms with Gasteiger partial charge < -0.3 is 9.72 Å². The summed E-state index contributed by atoms with van der Waals surface area (Å²) in [6.07, 6.45) is 1.71. The molecule has 1 aromatic rings. The van der Waals surface area contributed by atoms with Crippen LogP contribution in [-0.4, -0.2) is 17.1 Å². The quantitative estimate of drug-likeness (QED) is 0.723. The van der Waals surface area contributed by atoms with Gasteiger partial charge in [0.05, 0.1) is 17.0 Å². The number of aromatic nitrogens is 2. The van der Waals surface area contributed by atoms with E-state index in [2.05, 4.69) is 32.6 Å². The van der Waals surface area contributed by atoms with E-state index in [1.54, 1.807) is 13.3 Å². The molecule has 1 N–H and O–H groups in total. The summed E-state index contributed by atoms with van der Waals surface area (Å²) < 4.78 is 5.75. The zero-order valence-electron chi connectivity index (χ0n) is 4.31. The van der Waals surface area contributed by atoms with E-state index in [4.69, 9.17) is 4.74 Å². The van der Waals surface area contributed by atoms with Gasteiger partial charge in [-0.15, -0.1) is 0 Å². The van der Waals surface area contributed by atoms with Crippen molar-refractivity contribution >= 4 is 22.6 Å². The lowest BCUT2D eigenvalue weighted by Gasteiger charge is -1.86. The van der Waals surface area contributed by atoms with Gasteiger partial charge in [-0.05, 0) is 22.6 Å². The summed E-state index contributed by atoms with van der Waals surface area (Å²) in [4.78, 5) is 6.73. The van der Waals surface area contributed by atoms with E-state index in [0.717, 1.165) is 3.70 Å². The van der Waals surface area contributed by atoms with E-state index < -0.39 is 0 Å². The van der Waals surface area contributed by atoms with Gasteiger partial charge in [-0.1, -0.05) is 0 Å². The Morgan fingerprint density at radius 3 is 2.88 bits per heavy atom. The van der Waals surface area contributed by atoms with Gasteiger partial charge >= 0.3 is 0 Å². The number of hydrogen-bond acceptors (Lipinski definition) is 2. The van der Waals surface area contributed by atoms with Crippen molar-refractivity contribution < 1.29 is 4.74 Å². The summed E-state index contributed by atoms with van der Waals surface area (Å²) in [5.74, 6) is 0. The van der Waals surface area contributed by atoms with Crippen LogP contribution in [0, 0.1) is 3.70 Å². The fourth-order valence-electron chi connectivity index (χ4n) is 0.386. The first-order valence-electron chi connectivity index (χ1n) is 2.07. The average molecular weight is 224 g/mol. The molecule has 0 radical (unpaired) electrons. The predicted molar refractivity (Wildman–Crippen MR) is 37.9 cm³/mol. The number of ether oxygens (including phenoxy) is 1. The number of nitrogens with zero attached hydrogens (tertiary/aromatic N) is 1. The van der Waals surface area contributed by atoms with Gasteiger partial charge in [0.25, 0.3) is 6.01 Å². The van der Waals surface area contributed by atoms with Crippen molar-refractivity contribution in [3.63, 3.8) is 0 Å². The summed E-state index contributed by atoms with van der Waals surface area (Å²) in [6, 6.07) is 0.564. The smallest absolute Gasteiger partial charge is 0.294 e. The molecule has 1 rings (SSSR count). The van der Waals surface area contributed by atoms with Crippen LogP contribution in [-0.2, 0) is 0 Å². The van der Waals surface area contributed by atoms with Gasteiger partial charge in [0.15, 0.2) is 0 Å². The number of rotatable bonds is 1. The van der Waals surface area contributed by atoms with E-state index in [0.29, 0.717) is 6.01 Å². The Hall–Kier alpha value is -0.260. The summed E-state index contributed by atoms with van der Waals surface area (Å²) in [5, 5.41) is 0. The second kappa shape index (κ2) is 2.34. The van der Waals surface area contributed by atoms with Gasteiger partial charge in [-0.25, -0.2) is 4.98 Å². The van der Waals surface area contributed by atoms with Crippen molar-refractivity contribution in [3.05, 3.63) is 9.90 Å². The summed E-state index contributed by atoms with van der Waals surface area (Å²) >= 11 is 2.13. The zero-order chi connectivity index (χ0) is 5.98. The van der Waals surface area contributed by atoms with Crippen LogP contribution in [0.4, 0.5) is 0 Å².